The molecule has 0 aliphatic heterocycles. The van der Waals surface area contributed by atoms with Gasteiger partial charge in [0.1, 0.15) is 0 Å². The molecule has 144 valence electrons. The maximum Gasteiger partial charge on any atom is 0.242 e. The lowest BCUT2D eigenvalue weighted by atomic mass is 9.86. The van der Waals surface area contributed by atoms with Gasteiger partial charge in [-0.2, -0.15) is 0 Å². The van der Waals surface area contributed by atoms with Crippen molar-refractivity contribution in [3.63, 3.8) is 0 Å². The number of fused-ring (bicyclic) bond motifs is 2. The van der Waals surface area contributed by atoms with Gasteiger partial charge in [0.15, 0.2) is 0 Å². The first kappa shape index (κ1) is 19.2. The number of carbonyl (C=O) groups is 1. The summed E-state index contributed by atoms with van der Waals surface area (Å²) >= 11 is 0. The second kappa shape index (κ2) is 7.56. The highest BCUT2D eigenvalue weighted by molar-refractivity contribution is 7.89. The number of anilines is 2. The maximum absolute atomic E-state index is 12.6. The highest BCUT2D eigenvalue weighted by atomic mass is 32.2. The van der Waals surface area contributed by atoms with Crippen LogP contribution in [0.1, 0.15) is 39.0 Å². The zero-order valence-electron chi connectivity index (χ0n) is 15.8. The molecule has 1 amide bonds. The number of sulfonamides is 1. The molecule has 3 atom stereocenters. The lowest BCUT2D eigenvalue weighted by molar-refractivity contribution is -0.117. The van der Waals surface area contributed by atoms with E-state index in [0.29, 0.717) is 30.5 Å². The normalized spacial score (nSPS) is 24.8. The van der Waals surface area contributed by atoms with Crippen LogP contribution in [0.15, 0.2) is 23.1 Å². The van der Waals surface area contributed by atoms with Crippen molar-refractivity contribution >= 4 is 27.3 Å². The van der Waals surface area contributed by atoms with E-state index in [-0.39, 0.29) is 10.8 Å². The van der Waals surface area contributed by atoms with Gasteiger partial charge < -0.3 is 10.6 Å². The molecule has 6 nitrogen and oxygen atoms in total. The average molecular weight is 380 g/mol. The lowest BCUT2D eigenvalue weighted by Crippen LogP contribution is -2.23. The summed E-state index contributed by atoms with van der Waals surface area (Å²) in [5.74, 6) is 1.95. The number of rotatable bonds is 7. The summed E-state index contributed by atoms with van der Waals surface area (Å²) in [5.41, 5.74) is 1.27. The summed E-state index contributed by atoms with van der Waals surface area (Å²) in [7, 11) is -0.540. The molecule has 2 bridgehead atoms. The van der Waals surface area contributed by atoms with E-state index in [2.05, 4.69) is 10.6 Å². The van der Waals surface area contributed by atoms with Crippen molar-refractivity contribution in [1.82, 2.24) is 4.31 Å². The van der Waals surface area contributed by atoms with E-state index in [1.807, 2.05) is 6.92 Å². The van der Waals surface area contributed by atoms with E-state index < -0.39 is 10.0 Å². The van der Waals surface area contributed by atoms with Crippen molar-refractivity contribution in [3.8, 4) is 0 Å². The molecule has 2 fully saturated rings. The Morgan fingerprint density at radius 3 is 2.54 bits per heavy atom. The second-order valence-corrected chi connectivity index (χ2v) is 9.86. The molecule has 0 radical (unpaired) electrons. The third-order valence-corrected chi connectivity index (χ3v) is 7.55. The third-order valence-electron chi connectivity index (χ3n) is 5.74. The molecule has 3 rings (SSSR count). The van der Waals surface area contributed by atoms with Gasteiger partial charge in [0.25, 0.3) is 0 Å². The van der Waals surface area contributed by atoms with Crippen LogP contribution in [0.2, 0.25) is 0 Å². The fraction of sp³-hybridized carbons (Fsp3) is 0.632. The first-order valence-electron chi connectivity index (χ1n) is 9.41. The number of hydrogen-bond acceptors (Lipinski definition) is 4. The van der Waals surface area contributed by atoms with Crippen molar-refractivity contribution < 1.29 is 13.2 Å². The van der Waals surface area contributed by atoms with Gasteiger partial charge in [0.2, 0.25) is 15.9 Å². The maximum atomic E-state index is 12.6. The van der Waals surface area contributed by atoms with E-state index in [9.17, 15) is 13.2 Å². The zero-order chi connectivity index (χ0) is 18.9. The first-order valence-corrected chi connectivity index (χ1v) is 10.9. The molecular weight excluding hydrogens is 350 g/mol. The van der Waals surface area contributed by atoms with Crippen LogP contribution in [0.4, 0.5) is 11.4 Å². The van der Waals surface area contributed by atoms with Crippen LogP contribution < -0.4 is 10.6 Å². The van der Waals surface area contributed by atoms with E-state index in [0.717, 1.165) is 18.0 Å². The summed E-state index contributed by atoms with van der Waals surface area (Å²) in [5, 5.41) is 6.14. The summed E-state index contributed by atoms with van der Waals surface area (Å²) in [6.07, 6.45) is 5.53. The Bertz CT molecular complexity index is 776. The molecule has 0 spiro atoms. The summed E-state index contributed by atoms with van der Waals surface area (Å²) in [6.45, 7) is 2.65. The third kappa shape index (κ3) is 3.88. The Labute approximate surface area is 156 Å². The molecular formula is C19H29N3O3S. The highest BCUT2D eigenvalue weighted by Gasteiger charge is 2.40. The Kier molecular flexibility index (Phi) is 5.58. The van der Waals surface area contributed by atoms with Crippen LogP contribution >= 0.6 is 0 Å². The SMILES string of the molecule is CCNc1ccc(S(=O)(=O)N(C)C)cc1NC(=O)C[C@H]1C[C@H]2CC[C@H]1C2. The van der Waals surface area contributed by atoms with Crippen LogP contribution in [-0.2, 0) is 14.8 Å². The molecule has 2 aliphatic carbocycles. The van der Waals surface area contributed by atoms with E-state index >= 15 is 0 Å². The Balaban J connectivity index is 1.77. The number of carbonyl (C=O) groups excluding carboxylic acids is 1. The topological polar surface area (TPSA) is 78.5 Å². The Morgan fingerprint density at radius 2 is 1.96 bits per heavy atom. The van der Waals surface area contributed by atoms with Gasteiger partial charge in [-0.05, 0) is 62.1 Å². The minimum Gasteiger partial charge on any atom is -0.384 e. The molecule has 0 unspecified atom stereocenters. The average Bonchev–Trinajstić information content (AvgIpc) is 3.19. The number of hydrogen-bond donors (Lipinski definition) is 2. The highest BCUT2D eigenvalue weighted by Crippen LogP contribution is 2.49. The zero-order valence-corrected chi connectivity index (χ0v) is 16.6. The monoisotopic (exact) mass is 379 g/mol. The van der Waals surface area contributed by atoms with Gasteiger partial charge >= 0.3 is 0 Å². The van der Waals surface area contributed by atoms with Crippen LogP contribution in [0.25, 0.3) is 0 Å². The van der Waals surface area contributed by atoms with Crippen LogP contribution in [0, 0.1) is 17.8 Å². The van der Waals surface area contributed by atoms with Gasteiger partial charge in [-0.3, -0.25) is 4.79 Å². The predicted octanol–water partition coefficient (Wildman–Crippen LogP) is 3.13. The minimum atomic E-state index is -3.54. The van der Waals surface area contributed by atoms with Gasteiger partial charge in [-0.1, -0.05) is 6.42 Å². The summed E-state index contributed by atoms with van der Waals surface area (Å²) in [4.78, 5) is 12.8. The fourth-order valence-electron chi connectivity index (χ4n) is 4.41. The molecule has 0 saturated heterocycles. The molecule has 2 N–H and O–H groups in total. The van der Waals surface area contributed by atoms with Crippen LogP contribution in [0.3, 0.4) is 0 Å². The van der Waals surface area contributed by atoms with Crippen LogP contribution in [0.5, 0.6) is 0 Å². The first-order chi connectivity index (χ1) is 12.3. The van der Waals surface area contributed by atoms with Crippen molar-refractivity contribution in [2.45, 2.75) is 43.9 Å². The largest absolute Gasteiger partial charge is 0.384 e. The molecule has 7 heteroatoms. The summed E-state index contributed by atoms with van der Waals surface area (Å²) in [6, 6.07) is 4.83. The molecule has 0 aromatic heterocycles. The van der Waals surface area contributed by atoms with Crippen molar-refractivity contribution in [2.75, 3.05) is 31.3 Å². The van der Waals surface area contributed by atoms with Gasteiger partial charge in [0.05, 0.1) is 16.3 Å². The quantitative estimate of drug-likeness (QED) is 0.763. The van der Waals surface area contributed by atoms with Crippen molar-refractivity contribution in [3.05, 3.63) is 18.2 Å². The van der Waals surface area contributed by atoms with E-state index in [1.165, 1.54) is 37.7 Å². The van der Waals surface area contributed by atoms with Gasteiger partial charge in [-0.25, -0.2) is 12.7 Å². The van der Waals surface area contributed by atoms with Crippen molar-refractivity contribution in [2.24, 2.45) is 17.8 Å². The Morgan fingerprint density at radius 1 is 1.19 bits per heavy atom. The van der Waals surface area contributed by atoms with Gasteiger partial charge in [-0.15, -0.1) is 0 Å². The van der Waals surface area contributed by atoms with E-state index in [4.69, 9.17) is 0 Å². The van der Waals surface area contributed by atoms with E-state index in [1.54, 1.807) is 18.2 Å². The minimum absolute atomic E-state index is 0.0268. The molecule has 0 heterocycles. The number of benzene rings is 1. The molecule has 1 aromatic carbocycles. The number of amides is 1. The standard InChI is InChI=1S/C19H29N3O3S/c1-4-20-17-8-7-16(26(24,25)22(2)3)12-18(17)21-19(23)11-15-10-13-5-6-14(15)9-13/h7-8,12-15,20H,4-6,9-11H2,1-3H3,(H,21,23)/t13-,14-,15+/m0/s1. The van der Waals surface area contributed by atoms with Crippen LogP contribution in [-0.4, -0.2) is 39.3 Å². The van der Waals surface area contributed by atoms with Gasteiger partial charge in [0, 0.05) is 27.1 Å². The smallest absolute Gasteiger partial charge is 0.242 e. The Hall–Kier alpha value is -1.60. The number of nitrogens with one attached hydrogen (secondary N) is 2. The molecule has 26 heavy (non-hydrogen) atoms. The second-order valence-electron chi connectivity index (χ2n) is 7.71. The molecule has 2 aliphatic rings. The predicted molar refractivity (Wildman–Crippen MR) is 104 cm³/mol. The fourth-order valence-corrected chi connectivity index (χ4v) is 5.34. The number of nitrogens with zero attached hydrogens (tertiary/aromatic N) is 1. The lowest BCUT2D eigenvalue weighted by Gasteiger charge is -2.21. The molecule has 1 aromatic rings. The van der Waals surface area contributed by atoms with Crippen molar-refractivity contribution in [1.29, 1.82) is 0 Å². The summed E-state index contributed by atoms with van der Waals surface area (Å²) < 4.78 is 26.0. The molecule has 2 saturated carbocycles.